The summed E-state index contributed by atoms with van der Waals surface area (Å²) in [6.07, 6.45) is 2.05. The predicted molar refractivity (Wildman–Crippen MR) is 113 cm³/mol. The fraction of sp³-hybridized carbons (Fsp3) is 0.429. The lowest BCUT2D eigenvalue weighted by Crippen LogP contribution is -2.57. The quantitative estimate of drug-likeness (QED) is 0.541. The van der Waals surface area contributed by atoms with Gasteiger partial charge in [0.2, 0.25) is 5.95 Å². The molecule has 0 radical (unpaired) electrons. The van der Waals surface area contributed by atoms with Crippen LogP contribution in [-0.2, 0) is 13.2 Å². The van der Waals surface area contributed by atoms with Crippen molar-refractivity contribution in [2.45, 2.75) is 31.5 Å². The Morgan fingerprint density at radius 1 is 1.17 bits per heavy atom. The minimum Gasteiger partial charge on any atom is -0.352 e. The second kappa shape index (κ2) is 9.15. The van der Waals surface area contributed by atoms with E-state index in [4.69, 9.17) is 0 Å². The number of anilines is 1. The van der Waals surface area contributed by atoms with Gasteiger partial charge < -0.3 is 10.2 Å². The molecule has 0 spiro atoms. The predicted octanol–water partition coefficient (Wildman–Crippen LogP) is 3.28. The molecule has 1 saturated heterocycles. The van der Waals surface area contributed by atoms with Crippen molar-refractivity contribution in [2.24, 2.45) is 13.0 Å². The SMILES string of the molecule is C[C@@H]1CC(F)(F)CN(C(=O)c2nn(C)cc2-c2cncnc2)[C@@H]1CNc1ncc(C(F)(F)F)cn1. The minimum absolute atomic E-state index is 0.0389. The van der Waals surface area contributed by atoms with Crippen molar-refractivity contribution in [3.8, 4) is 11.1 Å². The van der Waals surface area contributed by atoms with Crippen LogP contribution in [0, 0.1) is 5.92 Å². The number of carbonyl (C=O) groups excluding carboxylic acids is 1. The van der Waals surface area contributed by atoms with Gasteiger partial charge in [0.05, 0.1) is 18.2 Å². The van der Waals surface area contributed by atoms with E-state index in [0.717, 1.165) is 4.90 Å². The summed E-state index contributed by atoms with van der Waals surface area (Å²) in [4.78, 5) is 29.7. The second-order valence-corrected chi connectivity index (χ2v) is 8.40. The number of hydrogen-bond donors (Lipinski definition) is 1. The molecule has 9 nitrogen and oxygen atoms in total. The molecule has 0 unspecified atom stereocenters. The Hall–Kier alpha value is -3.71. The van der Waals surface area contributed by atoms with Crippen molar-refractivity contribution in [3.05, 3.63) is 48.6 Å². The summed E-state index contributed by atoms with van der Waals surface area (Å²) in [7, 11) is 1.60. The van der Waals surface area contributed by atoms with Gasteiger partial charge in [-0.15, -0.1) is 0 Å². The molecule has 2 atom stereocenters. The van der Waals surface area contributed by atoms with Gasteiger partial charge in [0.15, 0.2) is 5.69 Å². The number of aromatic nitrogens is 6. The third-order valence-electron chi connectivity index (χ3n) is 5.69. The van der Waals surface area contributed by atoms with Gasteiger partial charge in [-0.2, -0.15) is 18.3 Å². The summed E-state index contributed by atoms with van der Waals surface area (Å²) < 4.78 is 68.7. The first-order valence-electron chi connectivity index (χ1n) is 10.6. The lowest BCUT2D eigenvalue weighted by atomic mass is 9.88. The highest BCUT2D eigenvalue weighted by Crippen LogP contribution is 2.36. The maximum absolute atomic E-state index is 14.5. The standard InChI is InChI=1S/C21H21F5N8O/c1-12-3-20(22,23)10-34(16(12)8-31-19-29-6-14(7-30-19)21(24,25)26)18(35)17-15(9-33(2)32-17)13-4-27-11-28-5-13/h4-7,9,11-12,16H,3,8,10H2,1-2H3,(H,29,30,31)/t12-,16-/m1/s1. The van der Waals surface area contributed by atoms with Gasteiger partial charge in [0, 0.05) is 62.1 Å². The fourth-order valence-electron chi connectivity index (χ4n) is 4.07. The molecule has 1 amide bonds. The zero-order valence-electron chi connectivity index (χ0n) is 18.7. The average molecular weight is 496 g/mol. The molecule has 0 saturated carbocycles. The first-order chi connectivity index (χ1) is 16.4. The zero-order chi connectivity index (χ0) is 25.4. The van der Waals surface area contributed by atoms with Crippen LogP contribution in [0.1, 0.15) is 29.4 Å². The molecule has 4 heterocycles. The van der Waals surface area contributed by atoms with E-state index in [0.29, 0.717) is 23.5 Å². The Labute approximate surface area is 196 Å². The van der Waals surface area contributed by atoms with Crippen LogP contribution in [0.25, 0.3) is 11.1 Å². The number of likely N-dealkylation sites (tertiary alicyclic amines) is 1. The minimum atomic E-state index is -4.59. The number of rotatable bonds is 5. The van der Waals surface area contributed by atoms with E-state index in [1.54, 1.807) is 20.2 Å². The molecule has 3 aromatic rings. The molecule has 1 aliphatic heterocycles. The van der Waals surface area contributed by atoms with Crippen LogP contribution in [-0.4, -0.2) is 65.6 Å². The zero-order valence-corrected chi connectivity index (χ0v) is 18.7. The van der Waals surface area contributed by atoms with E-state index in [2.05, 4.69) is 30.4 Å². The number of nitrogens with one attached hydrogen (secondary N) is 1. The topological polar surface area (TPSA) is 102 Å². The number of piperidine rings is 1. The summed E-state index contributed by atoms with van der Waals surface area (Å²) in [5, 5.41) is 6.96. The highest BCUT2D eigenvalue weighted by Gasteiger charge is 2.47. The molecule has 0 aliphatic carbocycles. The Morgan fingerprint density at radius 3 is 2.46 bits per heavy atom. The van der Waals surface area contributed by atoms with Crippen LogP contribution in [0.5, 0.6) is 0 Å². The summed E-state index contributed by atoms with van der Waals surface area (Å²) in [6.45, 7) is 0.695. The monoisotopic (exact) mass is 496 g/mol. The molecule has 0 aromatic carbocycles. The van der Waals surface area contributed by atoms with Crippen LogP contribution >= 0.6 is 0 Å². The van der Waals surface area contributed by atoms with Crippen molar-refractivity contribution in [1.82, 2.24) is 34.6 Å². The molecule has 14 heteroatoms. The molecule has 1 aliphatic rings. The van der Waals surface area contributed by atoms with E-state index < -0.39 is 48.5 Å². The maximum atomic E-state index is 14.5. The van der Waals surface area contributed by atoms with Crippen molar-refractivity contribution >= 4 is 11.9 Å². The van der Waals surface area contributed by atoms with Crippen molar-refractivity contribution in [1.29, 1.82) is 0 Å². The Kier molecular flexibility index (Phi) is 6.38. The summed E-state index contributed by atoms with van der Waals surface area (Å²) in [5.41, 5.74) is -0.174. The first-order valence-corrected chi connectivity index (χ1v) is 10.6. The number of aryl methyl sites for hydroxylation is 1. The molecule has 4 rings (SSSR count). The Bertz CT molecular complexity index is 1180. The smallest absolute Gasteiger partial charge is 0.352 e. The van der Waals surface area contributed by atoms with Crippen LogP contribution in [0.15, 0.2) is 37.3 Å². The molecule has 3 aromatic heterocycles. The van der Waals surface area contributed by atoms with E-state index in [1.165, 1.54) is 23.4 Å². The average Bonchev–Trinajstić information content (AvgIpc) is 3.19. The molecular weight excluding hydrogens is 475 g/mol. The number of alkyl halides is 5. The molecule has 1 N–H and O–H groups in total. The normalized spacial score (nSPS) is 20.0. The maximum Gasteiger partial charge on any atom is 0.419 e. The van der Waals surface area contributed by atoms with Gasteiger partial charge in [0.25, 0.3) is 11.8 Å². The van der Waals surface area contributed by atoms with E-state index >= 15 is 0 Å². The molecular formula is C21H21F5N8O. The fourth-order valence-corrected chi connectivity index (χ4v) is 4.07. The summed E-state index contributed by atoms with van der Waals surface area (Å²) in [6, 6.07) is -0.727. The van der Waals surface area contributed by atoms with Gasteiger partial charge in [-0.1, -0.05) is 6.92 Å². The van der Waals surface area contributed by atoms with Crippen molar-refractivity contribution in [3.63, 3.8) is 0 Å². The van der Waals surface area contributed by atoms with Gasteiger partial charge in [-0.05, 0) is 5.92 Å². The van der Waals surface area contributed by atoms with Gasteiger partial charge in [0.1, 0.15) is 6.33 Å². The number of carbonyl (C=O) groups is 1. The molecule has 186 valence electrons. The van der Waals surface area contributed by atoms with Crippen LogP contribution in [0.4, 0.5) is 27.9 Å². The van der Waals surface area contributed by atoms with Crippen LogP contribution < -0.4 is 5.32 Å². The third-order valence-corrected chi connectivity index (χ3v) is 5.69. The third kappa shape index (κ3) is 5.35. The van der Waals surface area contributed by atoms with E-state index in [1.807, 2.05) is 0 Å². The number of hydrogen-bond acceptors (Lipinski definition) is 7. The first kappa shape index (κ1) is 24.4. The molecule has 35 heavy (non-hydrogen) atoms. The number of amides is 1. The van der Waals surface area contributed by atoms with Gasteiger partial charge >= 0.3 is 6.18 Å². The molecule has 1 fully saturated rings. The second-order valence-electron chi connectivity index (χ2n) is 8.40. The largest absolute Gasteiger partial charge is 0.419 e. The Balaban J connectivity index is 1.60. The van der Waals surface area contributed by atoms with E-state index in [9.17, 15) is 26.7 Å². The van der Waals surface area contributed by atoms with E-state index in [-0.39, 0.29) is 18.2 Å². The lowest BCUT2D eigenvalue weighted by molar-refractivity contribution is -0.138. The lowest BCUT2D eigenvalue weighted by Gasteiger charge is -2.43. The summed E-state index contributed by atoms with van der Waals surface area (Å²) in [5.74, 6) is -4.59. The Morgan fingerprint density at radius 2 is 1.83 bits per heavy atom. The highest BCUT2D eigenvalue weighted by atomic mass is 19.4. The number of nitrogens with zero attached hydrogens (tertiary/aromatic N) is 7. The molecule has 0 bridgehead atoms. The van der Waals surface area contributed by atoms with Gasteiger partial charge in [-0.3, -0.25) is 9.48 Å². The summed E-state index contributed by atoms with van der Waals surface area (Å²) >= 11 is 0. The number of halogens is 5. The van der Waals surface area contributed by atoms with Crippen LogP contribution in [0.2, 0.25) is 0 Å². The van der Waals surface area contributed by atoms with Crippen molar-refractivity contribution in [2.75, 3.05) is 18.4 Å². The highest BCUT2D eigenvalue weighted by molar-refractivity contribution is 5.99. The van der Waals surface area contributed by atoms with Crippen molar-refractivity contribution < 1.29 is 26.7 Å². The van der Waals surface area contributed by atoms with Crippen LogP contribution in [0.3, 0.4) is 0 Å². The van der Waals surface area contributed by atoms with Gasteiger partial charge in [-0.25, -0.2) is 28.7 Å².